The first-order valence-corrected chi connectivity index (χ1v) is 9.05. The molecule has 6 nitrogen and oxygen atoms in total. The van der Waals surface area contributed by atoms with Gasteiger partial charge in [-0.05, 0) is 47.9 Å². The molecule has 1 fully saturated rings. The van der Waals surface area contributed by atoms with Crippen molar-refractivity contribution in [3.05, 3.63) is 65.7 Å². The van der Waals surface area contributed by atoms with Crippen LogP contribution in [0, 0.1) is 12.7 Å². The standard InChI is InChI=1S/C21H21FN4O2/c1-14-9-17(4-5-18(14)16-11-23-24-12-16)26-8-7-25(21(26)27)13-15-3-6-19(22)20(10-15)28-2/h3-6,9-12H,7-8,13H2,1-2H3,(H,23,24). The Balaban J connectivity index is 1.51. The number of methoxy groups -OCH3 is 1. The first kappa shape index (κ1) is 18.0. The van der Waals surface area contributed by atoms with Gasteiger partial charge < -0.3 is 9.64 Å². The van der Waals surface area contributed by atoms with Gasteiger partial charge in [0.25, 0.3) is 0 Å². The smallest absolute Gasteiger partial charge is 0.324 e. The van der Waals surface area contributed by atoms with Gasteiger partial charge in [-0.2, -0.15) is 5.10 Å². The van der Waals surface area contributed by atoms with E-state index < -0.39 is 5.82 Å². The van der Waals surface area contributed by atoms with E-state index in [-0.39, 0.29) is 11.8 Å². The van der Waals surface area contributed by atoms with Gasteiger partial charge in [0.05, 0.1) is 13.3 Å². The maximum absolute atomic E-state index is 13.6. The van der Waals surface area contributed by atoms with Gasteiger partial charge in [0.1, 0.15) is 0 Å². The molecular weight excluding hydrogens is 359 g/mol. The van der Waals surface area contributed by atoms with Crippen LogP contribution in [0.4, 0.5) is 14.9 Å². The number of hydrogen-bond donors (Lipinski definition) is 1. The molecule has 4 rings (SSSR count). The third-order valence-electron chi connectivity index (χ3n) is 5.01. The number of carbonyl (C=O) groups excluding carboxylic acids is 1. The second-order valence-electron chi connectivity index (χ2n) is 6.81. The molecule has 2 heterocycles. The zero-order valence-corrected chi connectivity index (χ0v) is 15.8. The number of nitrogens with one attached hydrogen (secondary N) is 1. The van der Waals surface area contributed by atoms with Crippen LogP contribution in [0.5, 0.6) is 5.75 Å². The summed E-state index contributed by atoms with van der Waals surface area (Å²) < 4.78 is 18.6. The molecule has 3 aromatic rings. The number of rotatable bonds is 5. The summed E-state index contributed by atoms with van der Waals surface area (Å²) >= 11 is 0. The van der Waals surface area contributed by atoms with Crippen LogP contribution in [-0.2, 0) is 6.54 Å². The number of nitrogens with zero attached hydrogens (tertiary/aromatic N) is 3. The van der Waals surface area contributed by atoms with Gasteiger partial charge in [0.2, 0.25) is 0 Å². The molecule has 0 radical (unpaired) electrons. The van der Waals surface area contributed by atoms with Gasteiger partial charge in [0.15, 0.2) is 11.6 Å². The Bertz CT molecular complexity index is 1000. The van der Waals surface area contributed by atoms with Crippen LogP contribution >= 0.6 is 0 Å². The van der Waals surface area contributed by atoms with Crippen molar-refractivity contribution in [3.63, 3.8) is 0 Å². The lowest BCUT2D eigenvalue weighted by Crippen LogP contribution is -2.31. The van der Waals surface area contributed by atoms with E-state index in [9.17, 15) is 9.18 Å². The lowest BCUT2D eigenvalue weighted by atomic mass is 10.0. The number of urea groups is 1. The molecular formula is C21H21FN4O2. The summed E-state index contributed by atoms with van der Waals surface area (Å²) in [5.41, 5.74) is 4.88. The number of aromatic amines is 1. The van der Waals surface area contributed by atoms with Crippen molar-refractivity contribution in [1.82, 2.24) is 15.1 Å². The van der Waals surface area contributed by atoms with E-state index in [1.54, 1.807) is 28.1 Å². The Morgan fingerprint density at radius 3 is 2.79 bits per heavy atom. The summed E-state index contributed by atoms with van der Waals surface area (Å²) in [4.78, 5) is 16.4. The maximum Gasteiger partial charge on any atom is 0.324 e. The summed E-state index contributed by atoms with van der Waals surface area (Å²) in [5.74, 6) is -0.222. The SMILES string of the molecule is COc1cc(CN2CCN(c3ccc(-c4cn[nH]c4)c(C)c3)C2=O)ccc1F. The molecule has 1 saturated heterocycles. The number of benzene rings is 2. The van der Waals surface area contributed by atoms with Gasteiger partial charge in [0, 0.05) is 37.1 Å². The average molecular weight is 380 g/mol. The van der Waals surface area contributed by atoms with E-state index in [0.717, 1.165) is 27.9 Å². The fourth-order valence-corrected chi connectivity index (χ4v) is 3.53. The Morgan fingerprint density at radius 2 is 2.07 bits per heavy atom. The molecule has 2 amide bonds. The normalized spacial score (nSPS) is 14.0. The molecule has 1 aliphatic rings. The highest BCUT2D eigenvalue weighted by molar-refractivity contribution is 5.94. The van der Waals surface area contributed by atoms with Crippen LogP contribution in [0.3, 0.4) is 0 Å². The molecule has 0 atom stereocenters. The molecule has 0 unspecified atom stereocenters. The molecule has 1 aliphatic heterocycles. The highest BCUT2D eigenvalue weighted by atomic mass is 19.1. The van der Waals surface area contributed by atoms with Gasteiger partial charge in [-0.25, -0.2) is 9.18 Å². The number of aromatic nitrogens is 2. The predicted molar refractivity (Wildman–Crippen MR) is 105 cm³/mol. The molecule has 1 N–H and O–H groups in total. The summed E-state index contributed by atoms with van der Waals surface area (Å²) in [5, 5.41) is 6.81. The zero-order chi connectivity index (χ0) is 19.7. The number of hydrogen-bond acceptors (Lipinski definition) is 3. The molecule has 144 valence electrons. The first-order chi connectivity index (χ1) is 13.6. The maximum atomic E-state index is 13.6. The van der Waals surface area contributed by atoms with Crippen molar-refractivity contribution in [2.24, 2.45) is 0 Å². The van der Waals surface area contributed by atoms with Crippen molar-refractivity contribution in [3.8, 4) is 16.9 Å². The van der Waals surface area contributed by atoms with Crippen molar-refractivity contribution in [1.29, 1.82) is 0 Å². The average Bonchev–Trinajstić information content (AvgIpc) is 3.34. The fourth-order valence-electron chi connectivity index (χ4n) is 3.53. The molecule has 7 heteroatoms. The molecule has 28 heavy (non-hydrogen) atoms. The number of aryl methyl sites for hydroxylation is 1. The third kappa shape index (κ3) is 3.31. The second kappa shape index (κ2) is 7.34. The van der Waals surface area contributed by atoms with E-state index in [2.05, 4.69) is 10.2 Å². The number of amides is 2. The Labute approximate surface area is 162 Å². The highest BCUT2D eigenvalue weighted by Gasteiger charge is 2.30. The van der Waals surface area contributed by atoms with E-state index in [1.807, 2.05) is 31.3 Å². The third-order valence-corrected chi connectivity index (χ3v) is 5.01. The van der Waals surface area contributed by atoms with Crippen LogP contribution in [0.15, 0.2) is 48.8 Å². The minimum absolute atomic E-state index is 0.0567. The zero-order valence-electron chi connectivity index (χ0n) is 15.8. The highest BCUT2D eigenvalue weighted by Crippen LogP contribution is 2.29. The molecule has 2 aromatic carbocycles. The molecule has 0 spiro atoms. The van der Waals surface area contributed by atoms with E-state index in [0.29, 0.717) is 19.6 Å². The van der Waals surface area contributed by atoms with Gasteiger partial charge in [-0.3, -0.25) is 10.00 Å². The molecule has 0 bridgehead atoms. The largest absolute Gasteiger partial charge is 0.494 e. The summed E-state index contributed by atoms with van der Waals surface area (Å²) in [6, 6.07) is 10.6. The minimum Gasteiger partial charge on any atom is -0.494 e. The lowest BCUT2D eigenvalue weighted by Gasteiger charge is -2.20. The second-order valence-corrected chi connectivity index (χ2v) is 6.81. The fraction of sp³-hybridized carbons (Fsp3) is 0.238. The van der Waals surface area contributed by atoms with E-state index in [1.165, 1.54) is 13.2 Å². The molecule has 0 saturated carbocycles. The van der Waals surface area contributed by atoms with Crippen molar-refractivity contribution in [2.45, 2.75) is 13.5 Å². The minimum atomic E-state index is -0.409. The summed E-state index contributed by atoms with van der Waals surface area (Å²) in [7, 11) is 1.43. The Kier molecular flexibility index (Phi) is 4.73. The number of halogens is 1. The molecule has 0 aliphatic carbocycles. The Hall–Kier alpha value is -3.35. The van der Waals surface area contributed by atoms with Crippen molar-refractivity contribution in [2.75, 3.05) is 25.1 Å². The summed E-state index contributed by atoms with van der Waals surface area (Å²) in [6.07, 6.45) is 3.63. The topological polar surface area (TPSA) is 61.5 Å². The lowest BCUT2D eigenvalue weighted by molar-refractivity contribution is 0.218. The monoisotopic (exact) mass is 380 g/mol. The van der Waals surface area contributed by atoms with Crippen LogP contribution in [-0.4, -0.2) is 41.3 Å². The van der Waals surface area contributed by atoms with Crippen LogP contribution in [0.2, 0.25) is 0 Å². The van der Waals surface area contributed by atoms with Crippen molar-refractivity contribution < 1.29 is 13.9 Å². The van der Waals surface area contributed by atoms with Crippen LogP contribution in [0.25, 0.3) is 11.1 Å². The van der Waals surface area contributed by atoms with Crippen LogP contribution in [0.1, 0.15) is 11.1 Å². The Morgan fingerprint density at radius 1 is 1.21 bits per heavy atom. The molecule has 1 aromatic heterocycles. The van der Waals surface area contributed by atoms with Gasteiger partial charge in [-0.15, -0.1) is 0 Å². The number of carbonyl (C=O) groups is 1. The number of anilines is 1. The number of H-pyrrole nitrogens is 1. The summed E-state index contributed by atoms with van der Waals surface area (Å²) in [6.45, 7) is 3.66. The van der Waals surface area contributed by atoms with Crippen molar-refractivity contribution >= 4 is 11.7 Å². The number of ether oxygens (including phenoxy) is 1. The quantitative estimate of drug-likeness (QED) is 0.728. The first-order valence-electron chi connectivity index (χ1n) is 9.05. The predicted octanol–water partition coefficient (Wildman–Crippen LogP) is 3.98. The van der Waals surface area contributed by atoms with E-state index in [4.69, 9.17) is 4.74 Å². The van der Waals surface area contributed by atoms with Gasteiger partial charge in [-0.1, -0.05) is 12.1 Å². The van der Waals surface area contributed by atoms with E-state index >= 15 is 0 Å². The van der Waals surface area contributed by atoms with Crippen LogP contribution < -0.4 is 9.64 Å². The van der Waals surface area contributed by atoms with Gasteiger partial charge >= 0.3 is 6.03 Å².